The SMILES string of the molecule is C[C@H](CN)Oc1ccc2ncc(-c3cc4ccc(O[Si](C)(C)C(C)(C)C)cc4o3)n2n1. The molecule has 0 amide bonds. The molecule has 0 fully saturated rings. The second-order valence-electron chi connectivity index (χ2n) is 9.42. The summed E-state index contributed by atoms with van der Waals surface area (Å²) in [5.41, 5.74) is 7.89. The highest BCUT2D eigenvalue weighted by Gasteiger charge is 2.39. The summed E-state index contributed by atoms with van der Waals surface area (Å²) in [6.07, 6.45) is 1.63. The largest absolute Gasteiger partial charge is 0.543 e. The first-order chi connectivity index (χ1) is 14.6. The number of rotatable bonds is 6. The van der Waals surface area contributed by atoms with Gasteiger partial charge in [-0.25, -0.2) is 9.50 Å². The number of nitrogens with two attached hydrogens (primary N) is 1. The zero-order chi connectivity index (χ0) is 22.4. The maximum Gasteiger partial charge on any atom is 0.250 e. The van der Waals surface area contributed by atoms with Crippen LogP contribution in [0.25, 0.3) is 28.1 Å². The van der Waals surface area contributed by atoms with Crippen LogP contribution in [0.4, 0.5) is 0 Å². The van der Waals surface area contributed by atoms with E-state index in [1.807, 2.05) is 37.3 Å². The van der Waals surface area contributed by atoms with Gasteiger partial charge in [0.15, 0.2) is 11.4 Å². The highest BCUT2D eigenvalue weighted by Crippen LogP contribution is 2.38. The highest BCUT2D eigenvalue weighted by molar-refractivity contribution is 6.74. The van der Waals surface area contributed by atoms with Crippen LogP contribution in [0.5, 0.6) is 11.6 Å². The van der Waals surface area contributed by atoms with Gasteiger partial charge in [0.05, 0.1) is 6.20 Å². The van der Waals surface area contributed by atoms with E-state index >= 15 is 0 Å². The molecule has 164 valence electrons. The summed E-state index contributed by atoms with van der Waals surface area (Å²) in [6, 6.07) is 11.7. The molecule has 1 aromatic carbocycles. The zero-order valence-electron chi connectivity index (χ0n) is 19.0. The first kappa shape index (κ1) is 21.4. The number of benzene rings is 1. The average molecular weight is 439 g/mol. The summed E-state index contributed by atoms with van der Waals surface area (Å²) < 4.78 is 20.1. The van der Waals surface area contributed by atoms with Gasteiger partial charge in [-0.05, 0) is 49.3 Å². The average Bonchev–Trinajstić information content (AvgIpc) is 3.29. The van der Waals surface area contributed by atoms with E-state index in [0.717, 1.165) is 22.4 Å². The quantitative estimate of drug-likeness (QED) is 0.414. The molecule has 3 heterocycles. The normalized spacial score (nSPS) is 13.6. The summed E-state index contributed by atoms with van der Waals surface area (Å²) in [7, 11) is -1.93. The van der Waals surface area contributed by atoms with E-state index in [9.17, 15) is 0 Å². The van der Waals surface area contributed by atoms with E-state index in [4.69, 9.17) is 19.3 Å². The van der Waals surface area contributed by atoms with Gasteiger partial charge in [0.1, 0.15) is 23.1 Å². The van der Waals surface area contributed by atoms with Crippen molar-refractivity contribution >= 4 is 24.9 Å². The third kappa shape index (κ3) is 4.18. The van der Waals surface area contributed by atoms with Crippen molar-refractivity contribution in [1.29, 1.82) is 0 Å². The van der Waals surface area contributed by atoms with Crippen molar-refractivity contribution in [3.63, 3.8) is 0 Å². The number of hydrogen-bond donors (Lipinski definition) is 1. The van der Waals surface area contributed by atoms with Gasteiger partial charge >= 0.3 is 0 Å². The van der Waals surface area contributed by atoms with Crippen LogP contribution >= 0.6 is 0 Å². The topological polar surface area (TPSA) is 87.8 Å². The lowest BCUT2D eigenvalue weighted by Gasteiger charge is -2.36. The fraction of sp³-hybridized carbons (Fsp3) is 0.391. The molecular formula is C23H30N4O3Si. The smallest absolute Gasteiger partial charge is 0.250 e. The Kier molecular flexibility index (Phi) is 5.31. The Bertz CT molecular complexity index is 1220. The molecule has 7 nitrogen and oxygen atoms in total. The predicted molar refractivity (Wildman–Crippen MR) is 125 cm³/mol. The molecule has 4 rings (SSSR count). The van der Waals surface area contributed by atoms with Crippen LogP contribution in [-0.2, 0) is 0 Å². The molecule has 31 heavy (non-hydrogen) atoms. The number of ether oxygens (including phenoxy) is 1. The Morgan fingerprint density at radius 3 is 2.65 bits per heavy atom. The van der Waals surface area contributed by atoms with Gasteiger partial charge in [-0.15, -0.1) is 5.10 Å². The second-order valence-corrected chi connectivity index (χ2v) is 14.1. The molecule has 0 bridgehead atoms. The molecule has 4 aromatic rings. The van der Waals surface area contributed by atoms with Crippen molar-refractivity contribution in [2.45, 2.75) is 51.9 Å². The Morgan fingerprint density at radius 1 is 1.16 bits per heavy atom. The summed E-state index contributed by atoms with van der Waals surface area (Å²) >= 11 is 0. The Morgan fingerprint density at radius 2 is 1.94 bits per heavy atom. The van der Waals surface area contributed by atoms with E-state index in [1.165, 1.54) is 0 Å². The molecule has 0 saturated heterocycles. The van der Waals surface area contributed by atoms with E-state index in [-0.39, 0.29) is 11.1 Å². The lowest BCUT2D eigenvalue weighted by molar-refractivity contribution is 0.217. The number of aromatic nitrogens is 3. The minimum Gasteiger partial charge on any atom is -0.543 e. The van der Waals surface area contributed by atoms with Gasteiger partial charge in [-0.2, -0.15) is 0 Å². The molecule has 8 heteroatoms. The maximum absolute atomic E-state index is 6.43. The zero-order valence-corrected chi connectivity index (χ0v) is 20.0. The van der Waals surface area contributed by atoms with Crippen LogP contribution in [0.1, 0.15) is 27.7 Å². The molecule has 0 unspecified atom stereocenters. The van der Waals surface area contributed by atoms with Crippen molar-refractivity contribution in [2.24, 2.45) is 5.73 Å². The summed E-state index contributed by atoms with van der Waals surface area (Å²) in [5, 5.41) is 5.68. The molecule has 3 aromatic heterocycles. The van der Waals surface area contributed by atoms with Crippen molar-refractivity contribution in [3.8, 4) is 23.1 Å². The predicted octanol–water partition coefficient (Wildman–Crippen LogP) is 5.25. The van der Waals surface area contributed by atoms with Crippen LogP contribution in [-0.4, -0.2) is 35.6 Å². The molecule has 0 aliphatic rings. The van der Waals surface area contributed by atoms with Gasteiger partial charge in [0, 0.05) is 24.1 Å². The molecule has 1 atom stereocenters. The standard InChI is InChI=1S/C23H30N4O3Si/c1-15(13-24)28-22-10-9-21-25-14-18(27(21)26-22)20-11-16-7-8-17(12-19(16)29-20)30-31(5,6)23(2,3)4/h7-12,14-15H,13,24H2,1-6H3/t15-/m1/s1. The maximum atomic E-state index is 6.43. The summed E-state index contributed by atoms with van der Waals surface area (Å²) in [6.45, 7) is 13.5. The lowest BCUT2D eigenvalue weighted by atomic mass is 10.2. The fourth-order valence-electron chi connectivity index (χ4n) is 2.99. The first-order valence-electron chi connectivity index (χ1n) is 10.5. The van der Waals surface area contributed by atoms with E-state index in [1.54, 1.807) is 16.8 Å². The first-order valence-corrected chi connectivity index (χ1v) is 13.4. The van der Waals surface area contributed by atoms with E-state index in [2.05, 4.69) is 43.9 Å². The number of furan rings is 1. The number of hydrogen-bond acceptors (Lipinski definition) is 6. The van der Waals surface area contributed by atoms with Gasteiger partial charge in [0.2, 0.25) is 14.2 Å². The van der Waals surface area contributed by atoms with Crippen molar-refractivity contribution < 1.29 is 13.6 Å². The second kappa shape index (κ2) is 7.69. The molecule has 0 saturated carbocycles. The minimum absolute atomic E-state index is 0.123. The van der Waals surface area contributed by atoms with Crippen LogP contribution in [0.3, 0.4) is 0 Å². The third-order valence-corrected chi connectivity index (χ3v) is 10.3. The molecule has 0 spiro atoms. The Balaban J connectivity index is 1.69. The molecular weight excluding hydrogens is 408 g/mol. The highest BCUT2D eigenvalue weighted by atomic mass is 28.4. The molecule has 0 radical (unpaired) electrons. The number of imidazole rings is 1. The third-order valence-electron chi connectivity index (χ3n) is 5.91. The van der Waals surface area contributed by atoms with Crippen molar-refractivity contribution in [1.82, 2.24) is 14.6 Å². The molecule has 0 aliphatic heterocycles. The molecule has 2 N–H and O–H groups in total. The van der Waals surface area contributed by atoms with Gasteiger partial charge in [-0.3, -0.25) is 0 Å². The van der Waals surface area contributed by atoms with Crippen molar-refractivity contribution in [2.75, 3.05) is 6.54 Å². The summed E-state index contributed by atoms with van der Waals surface area (Å²) in [4.78, 5) is 4.44. The Labute approximate surface area is 183 Å². The lowest BCUT2D eigenvalue weighted by Crippen LogP contribution is -2.43. The fourth-order valence-corrected chi connectivity index (χ4v) is 4.01. The van der Waals surface area contributed by atoms with Gasteiger partial charge in [0.25, 0.3) is 0 Å². The number of fused-ring (bicyclic) bond motifs is 2. The molecule has 0 aliphatic carbocycles. The van der Waals surface area contributed by atoms with E-state index < -0.39 is 8.32 Å². The minimum atomic E-state index is -1.93. The van der Waals surface area contributed by atoms with Crippen LogP contribution < -0.4 is 14.9 Å². The number of nitrogens with zero attached hydrogens (tertiary/aromatic N) is 3. The van der Waals surface area contributed by atoms with E-state index in [0.29, 0.717) is 23.8 Å². The monoisotopic (exact) mass is 438 g/mol. The van der Waals surface area contributed by atoms with Gasteiger partial charge in [-0.1, -0.05) is 20.8 Å². The van der Waals surface area contributed by atoms with Crippen LogP contribution in [0, 0.1) is 0 Å². The van der Waals surface area contributed by atoms with Crippen LogP contribution in [0.2, 0.25) is 18.1 Å². The van der Waals surface area contributed by atoms with Crippen molar-refractivity contribution in [3.05, 3.63) is 42.6 Å². The summed E-state index contributed by atoms with van der Waals surface area (Å²) in [5.74, 6) is 2.01. The van der Waals surface area contributed by atoms with Crippen LogP contribution in [0.15, 0.2) is 47.0 Å². The van der Waals surface area contributed by atoms with Gasteiger partial charge < -0.3 is 19.3 Å². The Hall–Kier alpha value is -2.84.